The molecular formula is C19H19N3O5. The van der Waals surface area contributed by atoms with E-state index in [1.807, 2.05) is 0 Å². The number of methoxy groups -OCH3 is 3. The minimum Gasteiger partial charge on any atom is -0.507 e. The number of carbonyl (C=O) groups is 1. The molecule has 0 radical (unpaired) electrons. The van der Waals surface area contributed by atoms with E-state index in [0.717, 1.165) is 0 Å². The molecule has 27 heavy (non-hydrogen) atoms. The van der Waals surface area contributed by atoms with E-state index in [1.54, 1.807) is 30.3 Å². The van der Waals surface area contributed by atoms with E-state index in [2.05, 4.69) is 15.5 Å². The number of benzene rings is 2. The fraction of sp³-hybridized carbons (Fsp3) is 0.158. The van der Waals surface area contributed by atoms with Crippen LogP contribution < -0.4 is 19.6 Å². The molecule has 0 aliphatic carbocycles. The van der Waals surface area contributed by atoms with Gasteiger partial charge in [0.25, 0.3) is 5.91 Å². The Hall–Kier alpha value is -3.68. The molecule has 0 aliphatic heterocycles. The van der Waals surface area contributed by atoms with Gasteiger partial charge < -0.3 is 24.3 Å². The molecule has 8 heteroatoms. The maximum atomic E-state index is 12.4. The summed E-state index contributed by atoms with van der Waals surface area (Å²) in [5.41, 5.74) is 3.74. The number of nitrogens with zero attached hydrogens (tertiary/aromatic N) is 1. The van der Waals surface area contributed by atoms with Crippen molar-refractivity contribution in [2.45, 2.75) is 0 Å². The summed E-state index contributed by atoms with van der Waals surface area (Å²) in [6.45, 7) is 0. The van der Waals surface area contributed by atoms with Crippen LogP contribution in [0.5, 0.6) is 23.0 Å². The lowest BCUT2D eigenvalue weighted by Crippen LogP contribution is -2.17. The van der Waals surface area contributed by atoms with Crippen molar-refractivity contribution in [3.8, 4) is 23.0 Å². The van der Waals surface area contributed by atoms with E-state index >= 15 is 0 Å². The number of fused-ring (bicyclic) bond motifs is 1. The highest BCUT2D eigenvalue weighted by Crippen LogP contribution is 2.41. The van der Waals surface area contributed by atoms with E-state index in [1.165, 1.54) is 33.6 Å². The molecule has 1 heterocycles. The van der Waals surface area contributed by atoms with Gasteiger partial charge in [-0.05, 0) is 18.2 Å². The van der Waals surface area contributed by atoms with Crippen LogP contribution in [0.3, 0.4) is 0 Å². The molecule has 0 aliphatic rings. The molecule has 1 aromatic heterocycles. The number of rotatable bonds is 6. The molecule has 0 atom stereocenters. The van der Waals surface area contributed by atoms with Crippen LogP contribution in [0.2, 0.25) is 0 Å². The van der Waals surface area contributed by atoms with Gasteiger partial charge >= 0.3 is 0 Å². The van der Waals surface area contributed by atoms with Crippen molar-refractivity contribution in [1.82, 2.24) is 10.4 Å². The van der Waals surface area contributed by atoms with E-state index < -0.39 is 5.91 Å². The number of amides is 1. The highest BCUT2D eigenvalue weighted by Gasteiger charge is 2.19. The van der Waals surface area contributed by atoms with E-state index in [0.29, 0.717) is 33.7 Å². The summed E-state index contributed by atoms with van der Waals surface area (Å²) >= 11 is 0. The van der Waals surface area contributed by atoms with Crippen LogP contribution in [0.1, 0.15) is 16.1 Å². The number of carbonyl (C=O) groups excluding carboxylic acids is 1. The Morgan fingerprint density at radius 1 is 1.11 bits per heavy atom. The SMILES string of the molecule is COc1cc(OC)c2cc(C(=O)N/N=C\c3ccccc3O)[nH]c2c1OC. The number of hydrogen-bond acceptors (Lipinski definition) is 6. The average molecular weight is 369 g/mol. The van der Waals surface area contributed by atoms with Crippen molar-refractivity contribution in [1.29, 1.82) is 0 Å². The molecule has 0 unspecified atom stereocenters. The van der Waals surface area contributed by atoms with Gasteiger partial charge in [0.1, 0.15) is 17.2 Å². The number of aromatic nitrogens is 1. The number of para-hydroxylation sites is 1. The third-order valence-corrected chi connectivity index (χ3v) is 3.99. The van der Waals surface area contributed by atoms with Gasteiger partial charge in [-0.15, -0.1) is 0 Å². The zero-order chi connectivity index (χ0) is 19.4. The Bertz CT molecular complexity index is 1010. The van der Waals surface area contributed by atoms with Crippen molar-refractivity contribution in [2.75, 3.05) is 21.3 Å². The fourth-order valence-electron chi connectivity index (χ4n) is 2.68. The van der Waals surface area contributed by atoms with E-state index in [-0.39, 0.29) is 11.4 Å². The predicted octanol–water partition coefficient (Wildman–Crippen LogP) is 2.66. The molecule has 0 fully saturated rings. The Balaban J connectivity index is 1.90. The number of phenolic OH excluding ortho intramolecular Hbond substituents is 1. The molecule has 3 aromatic rings. The first kappa shape index (κ1) is 18.1. The smallest absolute Gasteiger partial charge is 0.287 e. The minimum atomic E-state index is -0.457. The Morgan fingerprint density at radius 3 is 2.52 bits per heavy atom. The largest absolute Gasteiger partial charge is 0.507 e. The molecule has 0 saturated carbocycles. The van der Waals surface area contributed by atoms with Crippen LogP contribution in [0.25, 0.3) is 10.9 Å². The summed E-state index contributed by atoms with van der Waals surface area (Å²) in [5.74, 6) is 1.09. The van der Waals surface area contributed by atoms with Crippen molar-refractivity contribution < 1.29 is 24.1 Å². The van der Waals surface area contributed by atoms with Gasteiger partial charge in [-0.1, -0.05) is 12.1 Å². The number of aromatic hydroxyl groups is 1. The normalized spacial score (nSPS) is 10.9. The number of nitrogens with one attached hydrogen (secondary N) is 2. The van der Waals surface area contributed by atoms with Crippen LogP contribution in [0, 0.1) is 0 Å². The molecule has 0 saturated heterocycles. The van der Waals surface area contributed by atoms with E-state index in [9.17, 15) is 9.90 Å². The van der Waals surface area contributed by atoms with Gasteiger partial charge in [0.05, 0.1) is 33.1 Å². The lowest BCUT2D eigenvalue weighted by atomic mass is 10.2. The lowest BCUT2D eigenvalue weighted by Gasteiger charge is -2.11. The van der Waals surface area contributed by atoms with Crippen LogP contribution in [0.15, 0.2) is 41.5 Å². The van der Waals surface area contributed by atoms with Crippen molar-refractivity contribution >= 4 is 23.0 Å². The standard InChI is InChI=1S/C19H19N3O5/c1-25-15-9-16(26-2)18(27-3)17-12(15)8-13(21-17)19(24)22-20-10-11-6-4-5-7-14(11)23/h4-10,21,23H,1-3H3,(H,22,24)/b20-10-. The predicted molar refractivity (Wildman–Crippen MR) is 101 cm³/mol. The van der Waals surface area contributed by atoms with Crippen molar-refractivity contribution in [3.63, 3.8) is 0 Å². The van der Waals surface area contributed by atoms with Gasteiger partial charge in [-0.25, -0.2) is 5.43 Å². The fourth-order valence-corrected chi connectivity index (χ4v) is 2.68. The molecular weight excluding hydrogens is 350 g/mol. The van der Waals surface area contributed by atoms with E-state index in [4.69, 9.17) is 14.2 Å². The van der Waals surface area contributed by atoms with Crippen LogP contribution >= 0.6 is 0 Å². The van der Waals surface area contributed by atoms with Gasteiger partial charge in [-0.3, -0.25) is 4.79 Å². The highest BCUT2D eigenvalue weighted by molar-refractivity contribution is 6.02. The molecule has 2 aromatic carbocycles. The summed E-state index contributed by atoms with van der Waals surface area (Å²) in [7, 11) is 4.57. The average Bonchev–Trinajstić information content (AvgIpc) is 3.13. The topological polar surface area (TPSA) is 105 Å². The summed E-state index contributed by atoms with van der Waals surface area (Å²) in [5, 5.41) is 14.3. The number of phenols is 1. The Kier molecular flexibility index (Phi) is 5.16. The van der Waals surface area contributed by atoms with Crippen molar-refractivity contribution in [2.24, 2.45) is 5.10 Å². The third-order valence-electron chi connectivity index (χ3n) is 3.99. The second kappa shape index (κ2) is 7.69. The first-order chi connectivity index (χ1) is 13.1. The Morgan fingerprint density at radius 2 is 1.85 bits per heavy atom. The first-order valence-electron chi connectivity index (χ1n) is 8.02. The molecule has 140 valence electrons. The van der Waals surface area contributed by atoms with Crippen LogP contribution in [-0.4, -0.2) is 43.5 Å². The van der Waals surface area contributed by atoms with Crippen LogP contribution in [-0.2, 0) is 0 Å². The zero-order valence-corrected chi connectivity index (χ0v) is 15.1. The molecule has 8 nitrogen and oxygen atoms in total. The molecule has 0 bridgehead atoms. The minimum absolute atomic E-state index is 0.0719. The highest BCUT2D eigenvalue weighted by atomic mass is 16.5. The number of ether oxygens (including phenoxy) is 3. The Labute approximate surface area is 155 Å². The first-order valence-corrected chi connectivity index (χ1v) is 8.02. The summed E-state index contributed by atoms with van der Waals surface area (Å²) in [4.78, 5) is 15.4. The second-order valence-corrected chi connectivity index (χ2v) is 5.54. The third kappa shape index (κ3) is 3.50. The second-order valence-electron chi connectivity index (χ2n) is 5.54. The molecule has 0 spiro atoms. The maximum Gasteiger partial charge on any atom is 0.287 e. The quantitative estimate of drug-likeness (QED) is 0.458. The maximum absolute atomic E-state index is 12.4. The van der Waals surface area contributed by atoms with Gasteiger partial charge in [0, 0.05) is 17.0 Å². The summed E-state index contributed by atoms with van der Waals surface area (Å²) in [6, 6.07) is 9.99. The number of aromatic amines is 1. The number of hydrazone groups is 1. The molecule has 3 rings (SSSR count). The number of H-pyrrole nitrogens is 1. The van der Waals surface area contributed by atoms with Crippen LogP contribution in [0.4, 0.5) is 0 Å². The van der Waals surface area contributed by atoms with Crippen molar-refractivity contribution in [3.05, 3.63) is 47.7 Å². The lowest BCUT2D eigenvalue weighted by molar-refractivity contribution is 0.0951. The molecule has 3 N–H and O–H groups in total. The van der Waals surface area contributed by atoms with Gasteiger partial charge in [-0.2, -0.15) is 5.10 Å². The van der Waals surface area contributed by atoms with Gasteiger partial charge in [0.15, 0.2) is 11.5 Å². The number of hydrogen-bond donors (Lipinski definition) is 3. The monoisotopic (exact) mass is 369 g/mol. The zero-order valence-electron chi connectivity index (χ0n) is 15.1. The summed E-state index contributed by atoms with van der Waals surface area (Å²) < 4.78 is 16.1. The molecule has 1 amide bonds. The van der Waals surface area contributed by atoms with Gasteiger partial charge in [0.2, 0.25) is 0 Å². The summed E-state index contributed by atoms with van der Waals surface area (Å²) in [6.07, 6.45) is 1.36.